The summed E-state index contributed by atoms with van der Waals surface area (Å²) < 4.78 is 0. The lowest BCUT2D eigenvalue weighted by Gasteiger charge is -2.49. The van der Waals surface area contributed by atoms with Gasteiger partial charge in [-0.1, -0.05) is 167 Å². The minimum absolute atomic E-state index is 0. The number of allylic oxidation sites excluding steroid dienone is 2. The van der Waals surface area contributed by atoms with Crippen molar-refractivity contribution < 1.29 is 0 Å². The Hall–Kier alpha value is -1.26. The van der Waals surface area contributed by atoms with Crippen molar-refractivity contribution in [3.05, 3.63) is 41.0 Å². The van der Waals surface area contributed by atoms with Gasteiger partial charge < -0.3 is 0 Å². The van der Waals surface area contributed by atoms with Crippen LogP contribution in [0.2, 0.25) is 15.8 Å². The Balaban J connectivity index is 0.000000810. The van der Waals surface area contributed by atoms with Crippen LogP contribution < -0.4 is 0 Å². The molecule has 0 amide bonds. The lowest BCUT2D eigenvalue weighted by Crippen LogP contribution is -2.61. The Kier molecular flexibility index (Phi) is 28.5. The molecule has 6 nitrogen and oxygen atoms in total. The van der Waals surface area contributed by atoms with E-state index in [0.29, 0.717) is 12.1 Å². The summed E-state index contributed by atoms with van der Waals surface area (Å²) in [7, 11) is 0. The molecule has 0 spiro atoms. The van der Waals surface area contributed by atoms with Crippen LogP contribution >= 0.6 is 0 Å². The van der Waals surface area contributed by atoms with Gasteiger partial charge in [-0.2, -0.15) is 15.1 Å². The van der Waals surface area contributed by atoms with E-state index >= 15 is 0 Å². The van der Waals surface area contributed by atoms with Crippen LogP contribution in [0, 0.1) is 13.8 Å². The van der Waals surface area contributed by atoms with Crippen molar-refractivity contribution in [2.24, 2.45) is 0 Å². The minimum Gasteiger partial charge on any atom is -0.292 e. The molecular weight excluding hydrogens is 627 g/mol. The maximum Gasteiger partial charge on any atom is 0.261 e. The summed E-state index contributed by atoms with van der Waals surface area (Å²) >= 11 is -0.410. The second-order valence-electron chi connectivity index (χ2n) is 15.3. The Morgan fingerprint density at radius 2 is 0.920 bits per heavy atom. The molecule has 1 aromatic heterocycles. The third-order valence-electron chi connectivity index (χ3n) is 10.6. The normalized spacial score (nSPS) is 18.1. The fraction of sp³-hybridized carbons (Fsp3) is 0.837. The van der Waals surface area contributed by atoms with E-state index in [1.54, 1.807) is 35.1 Å². The molecule has 50 heavy (non-hydrogen) atoms. The largest absolute Gasteiger partial charge is 0.292 e. The van der Waals surface area contributed by atoms with Crippen molar-refractivity contribution in [2.75, 3.05) is 13.3 Å². The molecule has 1 fully saturated rings. The van der Waals surface area contributed by atoms with Crippen LogP contribution in [-0.4, -0.2) is 69.8 Å². The number of aromatic amines is 1. The first-order chi connectivity index (χ1) is 23.2. The number of aryl methyl sites for hydroxylation is 2. The van der Waals surface area contributed by atoms with E-state index in [9.17, 15) is 0 Å². The molecule has 2 atom stereocenters. The van der Waals surface area contributed by atoms with Gasteiger partial charge in [0, 0.05) is 29.2 Å². The van der Waals surface area contributed by atoms with Crippen LogP contribution in [0.25, 0.3) is 0 Å². The van der Waals surface area contributed by atoms with Gasteiger partial charge in [-0.25, -0.2) is 0 Å². The fourth-order valence-electron chi connectivity index (χ4n) is 7.58. The number of nitrogens with zero attached hydrogens (tertiary/aromatic N) is 5. The SMILES string of the molecule is C.C.CC1=CC(C)N2CN3C(C)=CC(C)N3CN12.CCCCCCC[CH2][Al]([CH2]CCCCCCC)[CH2]CCCCCCC.Cc1cc(C)[nH]n1. The molecule has 0 aromatic carbocycles. The van der Waals surface area contributed by atoms with E-state index in [1.165, 1.54) is 108 Å². The van der Waals surface area contributed by atoms with Crippen molar-refractivity contribution in [1.82, 2.24) is 30.2 Å². The van der Waals surface area contributed by atoms with Crippen LogP contribution in [0.4, 0.5) is 0 Å². The van der Waals surface area contributed by atoms with Crippen LogP contribution in [0.1, 0.15) is 190 Å². The highest BCUT2D eigenvalue weighted by molar-refractivity contribution is 6.58. The van der Waals surface area contributed by atoms with E-state index in [-0.39, 0.29) is 14.9 Å². The molecule has 3 aliphatic heterocycles. The second kappa shape index (κ2) is 29.2. The highest BCUT2D eigenvalue weighted by atomic mass is 27.2. The Bertz CT molecular complexity index is 915. The molecule has 2 unspecified atom stereocenters. The molecule has 1 saturated heterocycles. The maximum atomic E-state index is 3.89. The number of rotatable bonds is 21. The van der Waals surface area contributed by atoms with Gasteiger partial charge >= 0.3 is 0 Å². The summed E-state index contributed by atoms with van der Waals surface area (Å²) in [5.41, 5.74) is 4.93. The van der Waals surface area contributed by atoms with E-state index < -0.39 is 14.1 Å². The van der Waals surface area contributed by atoms with Crippen LogP contribution in [-0.2, 0) is 0 Å². The monoisotopic (exact) mass is 715 g/mol. The smallest absolute Gasteiger partial charge is 0.261 e. The molecule has 7 heteroatoms. The Morgan fingerprint density at radius 3 is 1.20 bits per heavy atom. The van der Waals surface area contributed by atoms with Crippen molar-refractivity contribution >= 4 is 14.1 Å². The molecular formula is C43H87AlN6. The highest BCUT2D eigenvalue weighted by Gasteiger charge is 2.40. The molecule has 3 aliphatic rings. The van der Waals surface area contributed by atoms with Gasteiger partial charge in [0.05, 0.1) is 5.69 Å². The zero-order valence-electron chi connectivity index (χ0n) is 33.5. The Morgan fingerprint density at radius 1 is 0.580 bits per heavy atom. The predicted octanol–water partition coefficient (Wildman–Crippen LogP) is 13.4. The third-order valence-corrected chi connectivity index (χ3v) is 14.3. The molecule has 0 bridgehead atoms. The summed E-state index contributed by atoms with van der Waals surface area (Å²) in [4.78, 5) is 0. The highest BCUT2D eigenvalue weighted by Crippen LogP contribution is 2.33. The van der Waals surface area contributed by atoms with Crippen LogP contribution in [0.3, 0.4) is 0 Å². The van der Waals surface area contributed by atoms with Gasteiger partial charge in [0.1, 0.15) is 13.3 Å². The zero-order valence-corrected chi connectivity index (χ0v) is 34.6. The number of fused-ring (bicyclic) bond motifs is 2. The Labute approximate surface area is 318 Å². The van der Waals surface area contributed by atoms with Crippen molar-refractivity contribution in [3.63, 3.8) is 0 Å². The molecule has 292 valence electrons. The first kappa shape index (κ1) is 48.7. The van der Waals surface area contributed by atoms with Crippen LogP contribution in [0.15, 0.2) is 29.6 Å². The number of nitrogens with one attached hydrogen (secondary N) is 1. The second-order valence-corrected chi connectivity index (χ2v) is 18.7. The third kappa shape index (κ3) is 19.0. The number of unbranched alkanes of at least 4 members (excludes halogenated alkanes) is 15. The molecule has 1 aromatic rings. The quantitative estimate of drug-likeness (QED) is 0.101. The van der Waals surface area contributed by atoms with Gasteiger partial charge in [-0.3, -0.25) is 15.1 Å². The molecule has 1 N–H and O–H groups in total. The standard InChI is InChI=1S/C12H20N4.3C8H17.C5H8N2.2CH4.Al/c1-9-5-10(2)14-8-16-12(4)6-11(3)15(16)7-13(9)14;3*1-3-5-7-8-6-4-2;1-4-3-5(2)7-6-4;;;/h5-6,9,12H,7-8H2,1-4H3;3*1,3-8H2,2H3;3H,1-2H3,(H,6,7);2*1H4;. The maximum absolute atomic E-state index is 3.89. The summed E-state index contributed by atoms with van der Waals surface area (Å²) in [6.45, 7) is 21.8. The van der Waals surface area contributed by atoms with E-state index in [2.05, 4.69) is 90.9 Å². The summed E-state index contributed by atoms with van der Waals surface area (Å²) in [5, 5.41) is 21.3. The molecule has 4 rings (SSSR count). The van der Waals surface area contributed by atoms with Gasteiger partial charge in [0.2, 0.25) is 0 Å². The van der Waals surface area contributed by atoms with Gasteiger partial charge in [0.25, 0.3) is 14.1 Å². The van der Waals surface area contributed by atoms with Crippen molar-refractivity contribution in [3.8, 4) is 0 Å². The summed E-state index contributed by atoms with van der Waals surface area (Å²) in [6.07, 6.45) is 31.4. The molecule has 0 radical (unpaired) electrons. The van der Waals surface area contributed by atoms with Gasteiger partial charge in [0.15, 0.2) is 0 Å². The fourth-order valence-corrected chi connectivity index (χ4v) is 11.0. The number of hydrogen-bond acceptors (Lipinski definition) is 5. The molecule has 0 saturated carbocycles. The first-order valence-electron chi connectivity index (χ1n) is 20.6. The van der Waals surface area contributed by atoms with Gasteiger partial charge in [-0.15, -0.1) is 0 Å². The predicted molar refractivity (Wildman–Crippen MR) is 225 cm³/mol. The minimum atomic E-state index is -0.410. The van der Waals surface area contributed by atoms with E-state index in [0.717, 1.165) is 24.7 Å². The number of hydrogen-bond donors (Lipinski definition) is 1. The summed E-state index contributed by atoms with van der Waals surface area (Å²) in [6, 6.07) is 3.04. The van der Waals surface area contributed by atoms with Crippen molar-refractivity contribution in [1.29, 1.82) is 0 Å². The average Bonchev–Trinajstić information content (AvgIpc) is 3.69. The average molecular weight is 715 g/mol. The number of hydrazine groups is 2. The molecule has 4 heterocycles. The summed E-state index contributed by atoms with van der Waals surface area (Å²) in [5.74, 6) is 0. The number of H-pyrrole nitrogens is 1. The zero-order chi connectivity index (χ0) is 35.1. The van der Waals surface area contributed by atoms with E-state index in [4.69, 9.17) is 0 Å². The first-order valence-corrected chi connectivity index (χ1v) is 23.1. The molecule has 0 aliphatic carbocycles. The topological polar surface area (TPSA) is 41.6 Å². The lowest BCUT2D eigenvalue weighted by atomic mass is 10.1. The van der Waals surface area contributed by atoms with E-state index in [1.807, 2.05) is 19.9 Å². The van der Waals surface area contributed by atoms with Crippen LogP contribution in [0.5, 0.6) is 0 Å². The lowest BCUT2D eigenvalue weighted by molar-refractivity contribution is -0.191. The van der Waals surface area contributed by atoms with Crippen molar-refractivity contribution in [2.45, 2.75) is 221 Å². The van der Waals surface area contributed by atoms with Gasteiger partial charge in [-0.05, 0) is 59.8 Å². The number of aromatic nitrogens is 2.